The molecule has 1 aliphatic rings. The first kappa shape index (κ1) is 16.1. The number of rotatable bonds is 6. The van der Waals surface area contributed by atoms with E-state index in [1.807, 2.05) is 0 Å². The van der Waals surface area contributed by atoms with Crippen molar-refractivity contribution in [2.24, 2.45) is 5.92 Å². The summed E-state index contributed by atoms with van der Waals surface area (Å²) >= 11 is 0. The van der Waals surface area contributed by atoms with Crippen molar-refractivity contribution < 1.29 is 13.2 Å². The summed E-state index contributed by atoms with van der Waals surface area (Å²) < 4.78 is 39.8. The van der Waals surface area contributed by atoms with Gasteiger partial charge in [0, 0.05) is 25.3 Å². The maximum atomic E-state index is 13.3. The van der Waals surface area contributed by atoms with E-state index < -0.39 is 11.7 Å². The maximum Gasteiger partial charge on any atom is 0.418 e. The average molecular weight is 300 g/mol. The smallest absolute Gasteiger partial charge is 0.371 e. The second-order valence-electron chi connectivity index (χ2n) is 6.22. The lowest BCUT2D eigenvalue weighted by Crippen LogP contribution is -2.24. The third-order valence-corrected chi connectivity index (χ3v) is 3.72. The van der Waals surface area contributed by atoms with Crippen LogP contribution < -0.4 is 10.2 Å². The van der Waals surface area contributed by atoms with Crippen LogP contribution >= 0.6 is 0 Å². The summed E-state index contributed by atoms with van der Waals surface area (Å²) in [7, 11) is 1.75. The molecule has 0 heterocycles. The van der Waals surface area contributed by atoms with E-state index in [2.05, 4.69) is 19.2 Å². The molecule has 0 amide bonds. The molecule has 0 atom stereocenters. The first-order chi connectivity index (χ1) is 9.79. The number of hydrogen-bond donors (Lipinski definition) is 1. The maximum absolute atomic E-state index is 13.3. The van der Waals surface area contributed by atoms with Gasteiger partial charge in [0.2, 0.25) is 0 Å². The van der Waals surface area contributed by atoms with Gasteiger partial charge < -0.3 is 10.2 Å². The van der Waals surface area contributed by atoms with Gasteiger partial charge in [-0.3, -0.25) is 0 Å². The topological polar surface area (TPSA) is 15.3 Å². The Bertz CT molecular complexity index is 479. The van der Waals surface area contributed by atoms with Crippen LogP contribution in [0.15, 0.2) is 18.2 Å². The predicted molar refractivity (Wildman–Crippen MR) is 79.4 cm³/mol. The van der Waals surface area contributed by atoms with Gasteiger partial charge in [-0.05, 0) is 43.0 Å². The summed E-state index contributed by atoms with van der Waals surface area (Å²) in [5.41, 5.74) is 0.439. The van der Waals surface area contributed by atoms with Crippen molar-refractivity contribution in [2.75, 3.05) is 18.5 Å². The summed E-state index contributed by atoms with van der Waals surface area (Å²) in [5.74, 6) is 0.479. The summed E-state index contributed by atoms with van der Waals surface area (Å²) in [6.45, 7) is 5.41. The van der Waals surface area contributed by atoms with Gasteiger partial charge in [-0.25, -0.2) is 0 Å². The zero-order valence-electron chi connectivity index (χ0n) is 12.8. The minimum atomic E-state index is -4.31. The van der Waals surface area contributed by atoms with Crippen LogP contribution in [0.1, 0.15) is 37.8 Å². The Morgan fingerprint density at radius 1 is 1.29 bits per heavy atom. The monoisotopic (exact) mass is 300 g/mol. The second-order valence-corrected chi connectivity index (χ2v) is 6.22. The van der Waals surface area contributed by atoms with Gasteiger partial charge in [-0.15, -0.1) is 0 Å². The van der Waals surface area contributed by atoms with E-state index in [1.165, 1.54) is 6.07 Å². The standard InChI is InChI=1S/C16H23F3N2/c1-11(2)9-20-10-12-4-7-15(21(3)13-5-6-13)14(8-12)16(17,18)19/h4,7-8,11,13,20H,5-6,9-10H2,1-3H3. The molecule has 1 fully saturated rings. The zero-order chi connectivity index (χ0) is 15.6. The first-order valence-electron chi connectivity index (χ1n) is 7.42. The number of alkyl halides is 3. The highest BCUT2D eigenvalue weighted by Gasteiger charge is 2.37. The molecule has 5 heteroatoms. The van der Waals surface area contributed by atoms with Gasteiger partial charge in [-0.2, -0.15) is 13.2 Å². The fourth-order valence-corrected chi connectivity index (χ4v) is 2.39. The van der Waals surface area contributed by atoms with Crippen molar-refractivity contribution in [1.29, 1.82) is 0 Å². The van der Waals surface area contributed by atoms with Crippen molar-refractivity contribution in [1.82, 2.24) is 5.32 Å². The highest BCUT2D eigenvalue weighted by molar-refractivity contribution is 5.57. The Kier molecular flexibility index (Phi) is 4.81. The molecule has 0 aliphatic heterocycles. The molecule has 1 saturated carbocycles. The van der Waals surface area contributed by atoms with E-state index in [0.29, 0.717) is 18.0 Å². The molecule has 1 aliphatic carbocycles. The lowest BCUT2D eigenvalue weighted by Gasteiger charge is -2.24. The molecule has 0 saturated heterocycles. The Hall–Kier alpha value is -1.23. The lowest BCUT2D eigenvalue weighted by atomic mass is 10.1. The van der Waals surface area contributed by atoms with E-state index in [9.17, 15) is 13.2 Å². The quantitative estimate of drug-likeness (QED) is 0.852. The van der Waals surface area contributed by atoms with Crippen molar-refractivity contribution in [3.05, 3.63) is 29.3 Å². The van der Waals surface area contributed by atoms with Gasteiger partial charge in [0.15, 0.2) is 0 Å². The van der Waals surface area contributed by atoms with Crippen molar-refractivity contribution in [3.63, 3.8) is 0 Å². The molecule has 0 radical (unpaired) electrons. The fourth-order valence-electron chi connectivity index (χ4n) is 2.39. The third-order valence-electron chi connectivity index (χ3n) is 3.72. The van der Waals surface area contributed by atoms with Crippen LogP contribution in [-0.2, 0) is 12.7 Å². The predicted octanol–water partition coefficient (Wildman–Crippen LogP) is 4.05. The van der Waals surface area contributed by atoms with Crippen LogP contribution in [0.25, 0.3) is 0 Å². The molecule has 0 bridgehead atoms. The van der Waals surface area contributed by atoms with Gasteiger partial charge in [-0.1, -0.05) is 19.9 Å². The largest absolute Gasteiger partial charge is 0.418 e. The minimum Gasteiger partial charge on any atom is -0.371 e. The van der Waals surface area contributed by atoms with Gasteiger partial charge >= 0.3 is 6.18 Å². The van der Waals surface area contributed by atoms with Gasteiger partial charge in [0.1, 0.15) is 0 Å². The third kappa shape index (κ3) is 4.37. The Morgan fingerprint density at radius 3 is 2.48 bits per heavy atom. The summed E-state index contributed by atoms with van der Waals surface area (Å²) in [6, 6.07) is 4.93. The van der Waals surface area contributed by atoms with E-state index >= 15 is 0 Å². The minimum absolute atomic E-state index is 0.260. The van der Waals surface area contributed by atoms with Crippen molar-refractivity contribution >= 4 is 5.69 Å². The zero-order valence-corrected chi connectivity index (χ0v) is 12.8. The molecule has 0 spiro atoms. The molecule has 1 aromatic rings. The lowest BCUT2D eigenvalue weighted by molar-refractivity contribution is -0.137. The molecule has 21 heavy (non-hydrogen) atoms. The van der Waals surface area contributed by atoms with Crippen LogP contribution in [-0.4, -0.2) is 19.6 Å². The molecular formula is C16H23F3N2. The van der Waals surface area contributed by atoms with Crippen LogP contribution in [0.2, 0.25) is 0 Å². The van der Waals surface area contributed by atoms with Crippen molar-refractivity contribution in [3.8, 4) is 0 Å². The van der Waals surface area contributed by atoms with Crippen LogP contribution in [0.5, 0.6) is 0 Å². The highest BCUT2D eigenvalue weighted by Crippen LogP contribution is 2.40. The van der Waals surface area contributed by atoms with Crippen LogP contribution in [0.4, 0.5) is 18.9 Å². The summed E-state index contributed by atoms with van der Waals surface area (Å²) in [4.78, 5) is 1.76. The van der Waals surface area contributed by atoms with Crippen LogP contribution in [0.3, 0.4) is 0 Å². The number of hydrogen-bond acceptors (Lipinski definition) is 2. The summed E-state index contributed by atoms with van der Waals surface area (Å²) in [5, 5.41) is 3.18. The van der Waals surface area contributed by atoms with E-state index in [4.69, 9.17) is 0 Å². The Balaban J connectivity index is 2.18. The molecule has 118 valence electrons. The SMILES string of the molecule is CC(C)CNCc1ccc(N(C)C2CC2)c(C(F)(F)F)c1. The first-order valence-corrected chi connectivity index (χ1v) is 7.42. The number of nitrogens with one attached hydrogen (secondary N) is 1. The number of nitrogens with zero attached hydrogens (tertiary/aromatic N) is 1. The van der Waals surface area contributed by atoms with Crippen LogP contribution in [0, 0.1) is 5.92 Å². The van der Waals surface area contributed by atoms with Crippen molar-refractivity contribution in [2.45, 2.75) is 45.5 Å². The van der Waals surface area contributed by atoms with Gasteiger partial charge in [0.25, 0.3) is 0 Å². The average Bonchev–Trinajstić information content (AvgIpc) is 3.20. The second kappa shape index (κ2) is 6.26. The molecular weight excluding hydrogens is 277 g/mol. The molecule has 0 unspecified atom stereocenters. The van der Waals surface area contributed by atoms with E-state index in [1.54, 1.807) is 24.1 Å². The van der Waals surface area contributed by atoms with E-state index in [-0.39, 0.29) is 11.7 Å². The Labute approximate surface area is 124 Å². The van der Waals surface area contributed by atoms with Gasteiger partial charge in [0.05, 0.1) is 5.56 Å². The fraction of sp³-hybridized carbons (Fsp3) is 0.625. The molecule has 0 aromatic heterocycles. The molecule has 2 rings (SSSR count). The molecule has 2 nitrogen and oxygen atoms in total. The number of anilines is 1. The molecule has 1 N–H and O–H groups in total. The summed E-state index contributed by atoms with van der Waals surface area (Å²) in [6.07, 6.45) is -2.36. The van der Waals surface area contributed by atoms with E-state index in [0.717, 1.165) is 19.4 Å². The number of benzene rings is 1. The Morgan fingerprint density at radius 2 is 1.95 bits per heavy atom. The molecule has 1 aromatic carbocycles. The number of halogens is 3. The highest BCUT2D eigenvalue weighted by atomic mass is 19.4. The normalized spacial score (nSPS) is 15.6.